The van der Waals surface area contributed by atoms with Gasteiger partial charge in [0.2, 0.25) is 11.8 Å². The lowest BCUT2D eigenvalue weighted by molar-refractivity contribution is -0.128. The van der Waals surface area contributed by atoms with Gasteiger partial charge in [-0.15, -0.1) is 0 Å². The number of hydrogen-bond acceptors (Lipinski definition) is 9. The molecule has 1 spiro atoms. The van der Waals surface area contributed by atoms with Gasteiger partial charge in [-0.3, -0.25) is 9.59 Å². The van der Waals surface area contributed by atoms with Gasteiger partial charge in [-0.1, -0.05) is 18.7 Å². The number of piperazine rings is 1. The minimum atomic E-state index is -0.306. The van der Waals surface area contributed by atoms with E-state index in [0.29, 0.717) is 75.4 Å². The third-order valence-electron chi connectivity index (χ3n) is 9.78. The van der Waals surface area contributed by atoms with Crippen molar-refractivity contribution in [2.24, 2.45) is 5.41 Å². The molecular weight excluding hydrogens is 556 g/mol. The molecule has 3 aliphatic heterocycles. The Morgan fingerprint density at radius 2 is 2.02 bits per heavy atom. The Bertz CT molecular complexity index is 1550. The summed E-state index contributed by atoms with van der Waals surface area (Å²) in [7, 11) is 2.11. The van der Waals surface area contributed by atoms with Crippen LogP contribution < -0.4 is 14.5 Å². The van der Waals surface area contributed by atoms with E-state index in [2.05, 4.69) is 35.6 Å². The number of carbonyl (C=O) groups is 2. The summed E-state index contributed by atoms with van der Waals surface area (Å²) >= 11 is 0. The summed E-state index contributed by atoms with van der Waals surface area (Å²) in [6.07, 6.45) is 6.20. The zero-order valence-corrected chi connectivity index (χ0v) is 25.2. The highest BCUT2D eigenvalue weighted by molar-refractivity contribution is 5.97. The zero-order valence-electron chi connectivity index (χ0n) is 25.2. The first-order valence-electron chi connectivity index (χ1n) is 15.4. The molecule has 228 valence electrons. The number of hydrogen-bond donors (Lipinski definition) is 0. The fourth-order valence-corrected chi connectivity index (χ4v) is 7.36. The molecule has 1 aromatic carbocycles. The molecule has 6 rings (SSSR count). The van der Waals surface area contributed by atoms with Crippen LogP contribution in [0.3, 0.4) is 0 Å². The molecule has 4 aliphatic rings. The second kappa shape index (κ2) is 12.3. The number of rotatable bonds is 7. The predicted molar refractivity (Wildman–Crippen MR) is 164 cm³/mol. The van der Waals surface area contributed by atoms with Gasteiger partial charge < -0.3 is 24.3 Å². The van der Waals surface area contributed by atoms with Crippen LogP contribution in [0.25, 0.3) is 0 Å². The number of ether oxygens (including phenoxy) is 1. The van der Waals surface area contributed by atoms with E-state index in [4.69, 9.17) is 14.7 Å². The van der Waals surface area contributed by atoms with Crippen molar-refractivity contribution in [2.45, 2.75) is 57.0 Å². The molecule has 0 N–H and O–H groups in total. The van der Waals surface area contributed by atoms with E-state index >= 15 is 0 Å². The largest absolute Gasteiger partial charge is 0.462 e. The summed E-state index contributed by atoms with van der Waals surface area (Å²) in [5, 5.41) is 19.2. The van der Waals surface area contributed by atoms with Crippen LogP contribution in [0, 0.1) is 28.1 Å². The minimum absolute atomic E-state index is 0.0218. The van der Waals surface area contributed by atoms with E-state index in [0.717, 1.165) is 42.9 Å². The Labute approximate surface area is 258 Å². The van der Waals surface area contributed by atoms with Crippen molar-refractivity contribution < 1.29 is 14.3 Å². The van der Waals surface area contributed by atoms with Crippen LogP contribution in [-0.2, 0) is 22.4 Å². The van der Waals surface area contributed by atoms with Crippen molar-refractivity contribution in [1.29, 1.82) is 10.5 Å². The number of benzene rings is 1. The summed E-state index contributed by atoms with van der Waals surface area (Å²) in [5.41, 5.74) is 2.78. The van der Waals surface area contributed by atoms with E-state index in [1.807, 2.05) is 18.2 Å². The highest BCUT2D eigenvalue weighted by Crippen LogP contribution is 2.46. The second-order valence-electron chi connectivity index (χ2n) is 12.5. The standard InChI is InChI=1S/C33H38N8O3/c1-3-29(42)40-16-15-39(20-24(40)11-13-34)31-26-10-12-33(18-30(43)41(22-33)28-9-5-4-7-23(28)19-35)17-27(26)36-32(37-31)44-21-25-8-6-14-38(25)2/h3-5,7,9,24-25H,1,6,8,10-12,14-18,20-22H2,2H3/t24-,25-,33?/m0/s1. The SMILES string of the molecule is C=CC(=O)N1CCN(c2nc(OC[C@@H]3CCCN3C)nc3c2CCC2(CC(=O)N(c4ccccc4C#N)C2)C3)C[C@@H]1CC#N. The molecule has 1 aromatic heterocycles. The summed E-state index contributed by atoms with van der Waals surface area (Å²) in [6.45, 7) is 7.21. The molecule has 4 heterocycles. The third-order valence-corrected chi connectivity index (χ3v) is 9.78. The number of amides is 2. The maximum atomic E-state index is 13.4. The lowest BCUT2D eigenvalue weighted by Gasteiger charge is -2.42. The van der Waals surface area contributed by atoms with E-state index in [1.165, 1.54) is 6.08 Å². The highest BCUT2D eigenvalue weighted by atomic mass is 16.5. The van der Waals surface area contributed by atoms with Crippen LogP contribution in [0.2, 0.25) is 0 Å². The van der Waals surface area contributed by atoms with Gasteiger partial charge in [0.25, 0.3) is 0 Å². The molecule has 0 radical (unpaired) electrons. The smallest absolute Gasteiger partial charge is 0.318 e. The third kappa shape index (κ3) is 5.60. The molecule has 3 saturated heterocycles. The van der Waals surface area contributed by atoms with Crippen LogP contribution in [0.4, 0.5) is 11.5 Å². The number of aromatic nitrogens is 2. The summed E-state index contributed by atoms with van der Waals surface area (Å²) in [5.74, 6) is 0.646. The molecule has 2 amide bonds. The monoisotopic (exact) mass is 594 g/mol. The first-order chi connectivity index (χ1) is 21.3. The molecule has 3 fully saturated rings. The van der Waals surface area contributed by atoms with Gasteiger partial charge >= 0.3 is 6.01 Å². The van der Waals surface area contributed by atoms with E-state index in [1.54, 1.807) is 15.9 Å². The van der Waals surface area contributed by atoms with Crippen molar-refractivity contribution >= 4 is 23.3 Å². The Morgan fingerprint density at radius 3 is 2.77 bits per heavy atom. The van der Waals surface area contributed by atoms with Gasteiger partial charge in [0.15, 0.2) is 0 Å². The quantitative estimate of drug-likeness (QED) is 0.444. The maximum Gasteiger partial charge on any atom is 0.318 e. The second-order valence-corrected chi connectivity index (χ2v) is 12.5. The lowest BCUT2D eigenvalue weighted by atomic mass is 9.72. The van der Waals surface area contributed by atoms with Crippen molar-refractivity contribution in [3.63, 3.8) is 0 Å². The normalized spacial score (nSPS) is 25.1. The molecule has 0 bridgehead atoms. The Hall–Kier alpha value is -4.48. The molecule has 11 heteroatoms. The number of likely N-dealkylation sites (N-methyl/N-ethyl adjacent to an activating group) is 1. The molecular formula is C33H38N8O3. The van der Waals surface area contributed by atoms with Crippen molar-refractivity contribution in [3.05, 3.63) is 53.7 Å². The topological polar surface area (TPSA) is 130 Å². The number of anilines is 2. The summed E-state index contributed by atoms with van der Waals surface area (Å²) in [4.78, 5) is 43.8. The van der Waals surface area contributed by atoms with Crippen LogP contribution in [0.1, 0.15) is 48.9 Å². The van der Waals surface area contributed by atoms with Gasteiger partial charge in [0, 0.05) is 49.6 Å². The van der Waals surface area contributed by atoms with Gasteiger partial charge in [-0.05, 0) is 63.9 Å². The molecule has 0 saturated carbocycles. The van der Waals surface area contributed by atoms with Crippen molar-refractivity contribution in [2.75, 3.05) is 56.2 Å². The van der Waals surface area contributed by atoms with Gasteiger partial charge in [0.05, 0.1) is 35.5 Å². The van der Waals surface area contributed by atoms with E-state index in [9.17, 15) is 20.1 Å². The highest BCUT2D eigenvalue weighted by Gasteiger charge is 2.47. The van der Waals surface area contributed by atoms with Crippen molar-refractivity contribution in [1.82, 2.24) is 19.8 Å². The lowest BCUT2D eigenvalue weighted by Crippen LogP contribution is -2.55. The number of para-hydroxylation sites is 1. The van der Waals surface area contributed by atoms with Gasteiger partial charge in [-0.25, -0.2) is 0 Å². The van der Waals surface area contributed by atoms with Crippen LogP contribution >= 0.6 is 0 Å². The van der Waals surface area contributed by atoms with Crippen LogP contribution in [0.5, 0.6) is 6.01 Å². The number of nitriles is 2. The number of likely N-dealkylation sites (tertiary alicyclic amines) is 1. The Balaban J connectivity index is 1.31. The van der Waals surface area contributed by atoms with Crippen molar-refractivity contribution in [3.8, 4) is 18.1 Å². The van der Waals surface area contributed by atoms with Gasteiger partial charge in [0.1, 0.15) is 18.5 Å². The molecule has 3 atom stereocenters. The number of carbonyl (C=O) groups excluding carboxylic acids is 2. The Kier molecular flexibility index (Phi) is 8.24. The predicted octanol–water partition coefficient (Wildman–Crippen LogP) is 2.85. The average Bonchev–Trinajstić information content (AvgIpc) is 3.60. The van der Waals surface area contributed by atoms with E-state index < -0.39 is 0 Å². The Morgan fingerprint density at radius 1 is 1.18 bits per heavy atom. The molecule has 1 unspecified atom stereocenters. The molecule has 11 nitrogen and oxygen atoms in total. The summed E-state index contributed by atoms with van der Waals surface area (Å²) < 4.78 is 6.27. The first-order valence-corrected chi connectivity index (χ1v) is 15.4. The zero-order chi connectivity index (χ0) is 30.8. The van der Waals surface area contributed by atoms with Crippen LogP contribution in [-0.4, -0.2) is 90.0 Å². The fraction of sp³-hybridized carbons (Fsp3) is 0.515. The summed E-state index contributed by atoms with van der Waals surface area (Å²) in [6, 6.07) is 12.1. The van der Waals surface area contributed by atoms with Gasteiger partial charge in [-0.2, -0.15) is 20.5 Å². The van der Waals surface area contributed by atoms with E-state index in [-0.39, 0.29) is 29.7 Å². The number of nitrogens with zero attached hydrogens (tertiary/aromatic N) is 8. The minimum Gasteiger partial charge on any atom is -0.462 e. The number of fused-ring (bicyclic) bond motifs is 1. The molecule has 44 heavy (non-hydrogen) atoms. The average molecular weight is 595 g/mol. The maximum absolute atomic E-state index is 13.4. The van der Waals surface area contributed by atoms with Crippen LogP contribution in [0.15, 0.2) is 36.9 Å². The molecule has 2 aromatic rings. The molecule has 1 aliphatic carbocycles. The first kappa shape index (κ1) is 29.6. The fourth-order valence-electron chi connectivity index (χ4n) is 7.36.